The molecular formula is C20H22N2O3. The van der Waals surface area contributed by atoms with Crippen LogP contribution in [0.5, 0.6) is 0 Å². The monoisotopic (exact) mass is 338 g/mol. The number of aromatic amines is 1. The minimum Gasteiger partial charge on any atom is -0.394 e. The molecule has 3 aromatic rings. The molecule has 4 N–H and O–H groups in total. The number of carbonyl (C=O) groups is 1. The summed E-state index contributed by atoms with van der Waals surface area (Å²) in [5.41, 5.74) is 2.93. The van der Waals surface area contributed by atoms with Gasteiger partial charge in [-0.1, -0.05) is 48.5 Å². The predicted octanol–water partition coefficient (Wildman–Crippen LogP) is 1.79. The van der Waals surface area contributed by atoms with Gasteiger partial charge < -0.3 is 20.5 Å². The second-order valence-corrected chi connectivity index (χ2v) is 6.16. The van der Waals surface area contributed by atoms with E-state index in [1.807, 2.05) is 60.8 Å². The Morgan fingerprint density at radius 1 is 1.04 bits per heavy atom. The number of hydrogen-bond acceptors (Lipinski definition) is 3. The number of rotatable bonds is 7. The van der Waals surface area contributed by atoms with Crippen molar-refractivity contribution in [2.24, 2.45) is 0 Å². The minimum atomic E-state index is -1.14. The molecule has 0 bridgehead atoms. The lowest BCUT2D eigenvalue weighted by atomic mass is 10.0. The molecule has 0 aliphatic heterocycles. The van der Waals surface area contributed by atoms with Gasteiger partial charge in [-0.05, 0) is 23.6 Å². The van der Waals surface area contributed by atoms with Gasteiger partial charge in [0.1, 0.15) is 6.10 Å². The molecule has 0 aliphatic rings. The zero-order valence-electron chi connectivity index (χ0n) is 13.9. The quantitative estimate of drug-likeness (QED) is 0.530. The number of nitrogens with one attached hydrogen (secondary N) is 2. The smallest absolute Gasteiger partial charge is 0.249 e. The van der Waals surface area contributed by atoms with Crippen LogP contribution in [0.3, 0.4) is 0 Å². The highest BCUT2D eigenvalue weighted by molar-refractivity contribution is 5.83. The number of H-pyrrole nitrogens is 1. The van der Waals surface area contributed by atoms with Gasteiger partial charge in [-0.3, -0.25) is 4.79 Å². The summed E-state index contributed by atoms with van der Waals surface area (Å²) in [7, 11) is 0. The number of aliphatic hydroxyl groups excluding tert-OH is 2. The number of aromatic nitrogens is 1. The van der Waals surface area contributed by atoms with Crippen molar-refractivity contribution in [3.05, 3.63) is 71.9 Å². The maximum atomic E-state index is 12.2. The maximum absolute atomic E-state index is 12.2. The van der Waals surface area contributed by atoms with Crippen LogP contribution in [0.4, 0.5) is 0 Å². The Morgan fingerprint density at radius 2 is 1.76 bits per heavy atom. The van der Waals surface area contributed by atoms with Gasteiger partial charge in [-0.25, -0.2) is 0 Å². The van der Waals surface area contributed by atoms with Gasteiger partial charge in [-0.15, -0.1) is 0 Å². The lowest BCUT2D eigenvalue weighted by Crippen LogP contribution is -2.45. The first-order valence-corrected chi connectivity index (χ1v) is 8.35. The number of amides is 1. The summed E-state index contributed by atoms with van der Waals surface area (Å²) in [4.78, 5) is 15.4. The molecular weight excluding hydrogens is 316 g/mol. The van der Waals surface area contributed by atoms with Crippen molar-refractivity contribution in [3.63, 3.8) is 0 Å². The summed E-state index contributed by atoms with van der Waals surface area (Å²) in [6, 6.07) is 16.8. The molecule has 1 aromatic heterocycles. The van der Waals surface area contributed by atoms with Crippen molar-refractivity contribution < 1.29 is 15.0 Å². The first kappa shape index (κ1) is 17.2. The van der Waals surface area contributed by atoms with E-state index in [1.54, 1.807) is 0 Å². The number of aliphatic hydroxyl groups is 2. The molecule has 25 heavy (non-hydrogen) atoms. The minimum absolute atomic E-state index is 0.191. The lowest BCUT2D eigenvalue weighted by Gasteiger charge is -2.18. The highest BCUT2D eigenvalue weighted by atomic mass is 16.3. The zero-order valence-corrected chi connectivity index (χ0v) is 13.9. The lowest BCUT2D eigenvalue weighted by molar-refractivity contribution is -0.130. The number of carbonyl (C=O) groups excluding carboxylic acids is 1. The molecule has 5 nitrogen and oxygen atoms in total. The Labute approximate surface area is 146 Å². The van der Waals surface area contributed by atoms with Crippen LogP contribution in [0.1, 0.15) is 11.1 Å². The zero-order chi connectivity index (χ0) is 17.6. The third kappa shape index (κ3) is 4.26. The summed E-state index contributed by atoms with van der Waals surface area (Å²) < 4.78 is 0. The molecule has 2 aromatic carbocycles. The first-order chi connectivity index (χ1) is 12.2. The van der Waals surface area contributed by atoms with Crippen molar-refractivity contribution in [2.45, 2.75) is 25.0 Å². The third-order valence-corrected chi connectivity index (χ3v) is 4.28. The van der Waals surface area contributed by atoms with Crippen molar-refractivity contribution >= 4 is 16.8 Å². The third-order valence-electron chi connectivity index (χ3n) is 4.28. The van der Waals surface area contributed by atoms with E-state index >= 15 is 0 Å². The van der Waals surface area contributed by atoms with Gasteiger partial charge >= 0.3 is 0 Å². The summed E-state index contributed by atoms with van der Waals surface area (Å²) in [5.74, 6) is -0.470. The summed E-state index contributed by atoms with van der Waals surface area (Å²) >= 11 is 0. The van der Waals surface area contributed by atoms with Crippen LogP contribution in [0.15, 0.2) is 60.8 Å². The Morgan fingerprint density at radius 3 is 2.52 bits per heavy atom. The molecule has 5 heteroatoms. The molecule has 3 rings (SSSR count). The van der Waals surface area contributed by atoms with E-state index in [0.717, 1.165) is 22.0 Å². The summed E-state index contributed by atoms with van der Waals surface area (Å²) in [5, 5.41) is 23.5. The molecule has 130 valence electrons. The largest absolute Gasteiger partial charge is 0.394 e. The van der Waals surface area contributed by atoms with Crippen LogP contribution in [0.25, 0.3) is 10.9 Å². The second kappa shape index (κ2) is 7.96. The molecule has 0 spiro atoms. The molecule has 0 saturated carbocycles. The normalized spacial score (nSPS) is 13.5. The number of hydrogen-bond donors (Lipinski definition) is 4. The van der Waals surface area contributed by atoms with Crippen LogP contribution in [0.2, 0.25) is 0 Å². The Kier molecular flexibility index (Phi) is 5.48. The van der Waals surface area contributed by atoms with Gasteiger partial charge in [0.05, 0.1) is 12.6 Å². The van der Waals surface area contributed by atoms with Gasteiger partial charge in [-0.2, -0.15) is 0 Å². The fraction of sp³-hybridized carbons (Fsp3) is 0.250. The highest BCUT2D eigenvalue weighted by Crippen LogP contribution is 2.19. The first-order valence-electron chi connectivity index (χ1n) is 8.35. The van der Waals surface area contributed by atoms with E-state index in [-0.39, 0.29) is 13.0 Å². The van der Waals surface area contributed by atoms with E-state index in [4.69, 9.17) is 0 Å². The van der Waals surface area contributed by atoms with Crippen LogP contribution in [0, 0.1) is 0 Å². The van der Waals surface area contributed by atoms with Crippen LogP contribution in [-0.2, 0) is 17.6 Å². The Balaban J connectivity index is 1.62. The highest BCUT2D eigenvalue weighted by Gasteiger charge is 2.20. The molecule has 0 fully saturated rings. The summed E-state index contributed by atoms with van der Waals surface area (Å²) in [6.45, 7) is -0.191. The van der Waals surface area contributed by atoms with E-state index < -0.39 is 18.1 Å². The van der Waals surface area contributed by atoms with E-state index in [2.05, 4.69) is 10.3 Å². The Hall–Kier alpha value is -2.63. The van der Waals surface area contributed by atoms with E-state index in [9.17, 15) is 15.0 Å². The number of benzene rings is 2. The molecule has 2 atom stereocenters. The van der Waals surface area contributed by atoms with Gasteiger partial charge in [0.15, 0.2) is 0 Å². The standard InChI is InChI=1S/C20H22N2O3/c23-13-16(11-15-12-21-18-9-5-4-8-17(15)18)22-20(25)19(24)10-14-6-2-1-3-7-14/h1-9,12,16,19,21,23-24H,10-11,13H2,(H,22,25)/t16-,19-/m0/s1. The van der Waals surface area contributed by atoms with E-state index in [1.165, 1.54) is 0 Å². The maximum Gasteiger partial charge on any atom is 0.249 e. The predicted molar refractivity (Wildman–Crippen MR) is 97.2 cm³/mol. The van der Waals surface area contributed by atoms with Gasteiger partial charge in [0.2, 0.25) is 5.91 Å². The van der Waals surface area contributed by atoms with Crippen LogP contribution < -0.4 is 5.32 Å². The van der Waals surface area contributed by atoms with Crippen LogP contribution >= 0.6 is 0 Å². The molecule has 1 heterocycles. The van der Waals surface area contributed by atoms with Crippen molar-refractivity contribution in [1.82, 2.24) is 10.3 Å². The molecule has 0 aliphatic carbocycles. The summed E-state index contributed by atoms with van der Waals surface area (Å²) in [6.07, 6.45) is 1.49. The average Bonchev–Trinajstić information content (AvgIpc) is 3.05. The molecule has 1 amide bonds. The SMILES string of the molecule is O=C(N[C@H](CO)Cc1c[nH]c2ccccc12)[C@@H](O)Cc1ccccc1. The molecule has 0 radical (unpaired) electrons. The molecule has 0 saturated heterocycles. The number of fused-ring (bicyclic) bond motifs is 1. The van der Waals surface area contributed by atoms with Crippen molar-refractivity contribution in [1.29, 1.82) is 0 Å². The fourth-order valence-electron chi connectivity index (χ4n) is 2.95. The van der Waals surface area contributed by atoms with Gasteiger partial charge in [0, 0.05) is 23.5 Å². The van der Waals surface area contributed by atoms with E-state index in [0.29, 0.717) is 6.42 Å². The fourth-order valence-corrected chi connectivity index (χ4v) is 2.95. The van der Waals surface area contributed by atoms with Crippen molar-refractivity contribution in [3.8, 4) is 0 Å². The average molecular weight is 338 g/mol. The second-order valence-electron chi connectivity index (χ2n) is 6.16. The van der Waals surface area contributed by atoms with Crippen molar-refractivity contribution in [2.75, 3.05) is 6.61 Å². The van der Waals surface area contributed by atoms with Gasteiger partial charge in [0.25, 0.3) is 0 Å². The Bertz CT molecular complexity index is 829. The van der Waals surface area contributed by atoms with Crippen LogP contribution in [-0.4, -0.2) is 39.9 Å². The molecule has 0 unspecified atom stereocenters. The number of para-hydroxylation sites is 1. The topological polar surface area (TPSA) is 85.4 Å².